The number of nitrogens with zero attached hydrogens (tertiary/aromatic N) is 1. The molecule has 21 heavy (non-hydrogen) atoms. The third kappa shape index (κ3) is 5.55. The van der Waals surface area contributed by atoms with Crippen molar-refractivity contribution in [2.45, 2.75) is 25.3 Å². The van der Waals surface area contributed by atoms with Gasteiger partial charge in [0, 0.05) is 6.04 Å². The molecule has 2 amide bonds. The maximum Gasteiger partial charge on any atom is 0.239 e. The van der Waals surface area contributed by atoms with Crippen molar-refractivity contribution in [2.75, 3.05) is 26.7 Å². The van der Waals surface area contributed by atoms with Crippen molar-refractivity contribution >= 4 is 11.8 Å². The topological polar surface area (TPSA) is 61.4 Å². The Morgan fingerprint density at radius 3 is 2.48 bits per heavy atom. The molecule has 0 aromatic heterocycles. The van der Waals surface area contributed by atoms with E-state index in [9.17, 15) is 9.59 Å². The van der Waals surface area contributed by atoms with E-state index in [-0.39, 0.29) is 24.4 Å². The first-order chi connectivity index (χ1) is 10.1. The van der Waals surface area contributed by atoms with Gasteiger partial charge in [-0.3, -0.25) is 9.59 Å². The van der Waals surface area contributed by atoms with Crippen LogP contribution in [-0.4, -0.2) is 49.4 Å². The lowest BCUT2D eigenvalue weighted by atomic mass is 10.1. The van der Waals surface area contributed by atoms with Crippen molar-refractivity contribution in [1.82, 2.24) is 15.5 Å². The van der Waals surface area contributed by atoms with Crippen LogP contribution >= 0.6 is 0 Å². The van der Waals surface area contributed by atoms with Crippen LogP contribution in [0.15, 0.2) is 30.3 Å². The molecule has 0 saturated carbocycles. The lowest BCUT2D eigenvalue weighted by molar-refractivity contribution is -0.126. The summed E-state index contributed by atoms with van der Waals surface area (Å²) >= 11 is 0. The molecule has 1 aliphatic heterocycles. The van der Waals surface area contributed by atoms with Crippen LogP contribution in [0.2, 0.25) is 0 Å². The quantitative estimate of drug-likeness (QED) is 0.832. The molecule has 0 spiro atoms. The second kappa shape index (κ2) is 7.78. The van der Waals surface area contributed by atoms with Gasteiger partial charge in [-0.25, -0.2) is 0 Å². The van der Waals surface area contributed by atoms with E-state index >= 15 is 0 Å². The molecule has 0 aliphatic carbocycles. The minimum Gasteiger partial charge on any atom is -0.352 e. The van der Waals surface area contributed by atoms with E-state index in [0.717, 1.165) is 31.5 Å². The molecular formula is C16H23N3O2. The Morgan fingerprint density at radius 1 is 1.14 bits per heavy atom. The molecule has 0 atom stereocenters. The Bertz CT molecular complexity index is 468. The van der Waals surface area contributed by atoms with Gasteiger partial charge in [0.2, 0.25) is 11.8 Å². The lowest BCUT2D eigenvalue weighted by Crippen LogP contribution is -2.46. The Balaban J connectivity index is 1.65. The summed E-state index contributed by atoms with van der Waals surface area (Å²) in [5.41, 5.74) is 0.950. The summed E-state index contributed by atoms with van der Waals surface area (Å²) in [6, 6.07) is 9.75. The molecule has 1 aromatic carbocycles. The van der Waals surface area contributed by atoms with Crippen LogP contribution in [0.25, 0.3) is 0 Å². The summed E-state index contributed by atoms with van der Waals surface area (Å²) in [6.45, 7) is 2.06. The smallest absolute Gasteiger partial charge is 0.239 e. The van der Waals surface area contributed by atoms with Gasteiger partial charge in [0.05, 0.1) is 13.0 Å². The van der Waals surface area contributed by atoms with Crippen molar-refractivity contribution in [3.8, 4) is 0 Å². The SMILES string of the molecule is CN1CCC(NC(=O)CNC(=O)Cc2ccccc2)CC1. The van der Waals surface area contributed by atoms with Gasteiger partial charge in [-0.05, 0) is 38.5 Å². The second-order valence-corrected chi connectivity index (χ2v) is 5.58. The minimum absolute atomic E-state index is 0.0536. The van der Waals surface area contributed by atoms with E-state index in [1.54, 1.807) is 0 Å². The maximum atomic E-state index is 11.8. The summed E-state index contributed by atoms with van der Waals surface area (Å²) in [6.07, 6.45) is 2.25. The minimum atomic E-state index is -0.125. The Labute approximate surface area is 125 Å². The average molecular weight is 289 g/mol. The highest BCUT2D eigenvalue weighted by Gasteiger charge is 2.18. The number of amides is 2. The molecule has 0 radical (unpaired) electrons. The van der Waals surface area contributed by atoms with Crippen LogP contribution in [0.1, 0.15) is 18.4 Å². The van der Waals surface area contributed by atoms with E-state index < -0.39 is 0 Å². The van der Waals surface area contributed by atoms with Gasteiger partial charge in [0.1, 0.15) is 0 Å². The molecule has 114 valence electrons. The van der Waals surface area contributed by atoms with E-state index in [1.165, 1.54) is 0 Å². The van der Waals surface area contributed by atoms with Crippen LogP contribution in [-0.2, 0) is 16.0 Å². The molecular weight excluding hydrogens is 266 g/mol. The third-order valence-electron chi connectivity index (χ3n) is 3.74. The summed E-state index contributed by atoms with van der Waals surface area (Å²) in [5.74, 6) is -0.231. The van der Waals surface area contributed by atoms with E-state index in [1.807, 2.05) is 30.3 Å². The predicted octanol–water partition coefficient (Wildman–Crippen LogP) is 0.556. The standard InChI is InChI=1S/C16H23N3O2/c1-19-9-7-14(8-10-19)18-16(21)12-17-15(20)11-13-5-3-2-4-6-13/h2-6,14H,7-12H2,1H3,(H,17,20)(H,18,21). The van der Waals surface area contributed by atoms with Gasteiger partial charge in [-0.2, -0.15) is 0 Å². The largest absolute Gasteiger partial charge is 0.352 e. The van der Waals surface area contributed by atoms with Gasteiger partial charge in [0.25, 0.3) is 0 Å². The summed E-state index contributed by atoms with van der Waals surface area (Å²) < 4.78 is 0. The molecule has 5 nitrogen and oxygen atoms in total. The molecule has 0 unspecified atom stereocenters. The van der Waals surface area contributed by atoms with E-state index in [2.05, 4.69) is 22.6 Å². The van der Waals surface area contributed by atoms with Crippen molar-refractivity contribution in [3.05, 3.63) is 35.9 Å². The Hall–Kier alpha value is -1.88. The highest BCUT2D eigenvalue weighted by Crippen LogP contribution is 2.07. The van der Waals surface area contributed by atoms with Crippen LogP contribution in [0.3, 0.4) is 0 Å². The second-order valence-electron chi connectivity index (χ2n) is 5.58. The van der Waals surface area contributed by atoms with Gasteiger partial charge in [0.15, 0.2) is 0 Å². The molecule has 1 aromatic rings. The van der Waals surface area contributed by atoms with Crippen molar-refractivity contribution in [3.63, 3.8) is 0 Å². The number of nitrogens with one attached hydrogen (secondary N) is 2. The van der Waals surface area contributed by atoms with Crippen LogP contribution in [0.5, 0.6) is 0 Å². The first-order valence-electron chi connectivity index (χ1n) is 7.42. The molecule has 1 aliphatic rings. The fraction of sp³-hybridized carbons (Fsp3) is 0.500. The molecule has 1 saturated heterocycles. The number of hydrogen-bond donors (Lipinski definition) is 2. The number of piperidine rings is 1. The molecule has 2 rings (SSSR count). The highest BCUT2D eigenvalue weighted by atomic mass is 16.2. The number of carbonyl (C=O) groups is 2. The van der Waals surface area contributed by atoms with Crippen molar-refractivity contribution in [1.29, 1.82) is 0 Å². The summed E-state index contributed by atoms with van der Waals surface area (Å²) in [7, 11) is 2.09. The Kier molecular flexibility index (Phi) is 5.75. The number of hydrogen-bond acceptors (Lipinski definition) is 3. The van der Waals surface area contributed by atoms with Gasteiger partial charge in [-0.1, -0.05) is 30.3 Å². The normalized spacial score (nSPS) is 16.4. The monoisotopic (exact) mass is 289 g/mol. The van der Waals surface area contributed by atoms with Crippen molar-refractivity contribution < 1.29 is 9.59 Å². The maximum absolute atomic E-state index is 11.8. The fourth-order valence-corrected chi connectivity index (χ4v) is 2.45. The Morgan fingerprint density at radius 2 is 1.81 bits per heavy atom. The molecule has 1 heterocycles. The zero-order valence-electron chi connectivity index (χ0n) is 12.5. The molecule has 0 bridgehead atoms. The van der Waals surface area contributed by atoms with Gasteiger partial charge in [-0.15, -0.1) is 0 Å². The van der Waals surface area contributed by atoms with Gasteiger partial charge < -0.3 is 15.5 Å². The van der Waals surface area contributed by atoms with E-state index in [0.29, 0.717) is 6.42 Å². The number of benzene rings is 1. The number of rotatable bonds is 5. The summed E-state index contributed by atoms with van der Waals surface area (Å²) in [5, 5.41) is 5.65. The van der Waals surface area contributed by atoms with Crippen LogP contribution < -0.4 is 10.6 Å². The fourth-order valence-electron chi connectivity index (χ4n) is 2.45. The zero-order valence-corrected chi connectivity index (χ0v) is 12.5. The van der Waals surface area contributed by atoms with E-state index in [4.69, 9.17) is 0 Å². The summed E-state index contributed by atoms with van der Waals surface area (Å²) in [4.78, 5) is 25.8. The number of likely N-dealkylation sites (tertiary alicyclic amines) is 1. The first-order valence-corrected chi connectivity index (χ1v) is 7.42. The third-order valence-corrected chi connectivity index (χ3v) is 3.74. The van der Waals surface area contributed by atoms with Crippen LogP contribution in [0, 0.1) is 0 Å². The average Bonchev–Trinajstić information content (AvgIpc) is 2.49. The van der Waals surface area contributed by atoms with Crippen molar-refractivity contribution in [2.24, 2.45) is 0 Å². The van der Waals surface area contributed by atoms with Crippen LogP contribution in [0.4, 0.5) is 0 Å². The molecule has 5 heteroatoms. The first kappa shape index (κ1) is 15.5. The molecule has 2 N–H and O–H groups in total. The zero-order chi connectivity index (χ0) is 15.1. The predicted molar refractivity (Wildman–Crippen MR) is 81.8 cm³/mol. The number of carbonyl (C=O) groups excluding carboxylic acids is 2. The van der Waals surface area contributed by atoms with Gasteiger partial charge >= 0.3 is 0 Å². The highest BCUT2D eigenvalue weighted by molar-refractivity contribution is 5.85. The lowest BCUT2D eigenvalue weighted by Gasteiger charge is -2.29. The molecule has 1 fully saturated rings.